The van der Waals surface area contributed by atoms with Crippen molar-refractivity contribution < 1.29 is 4.79 Å². The van der Waals surface area contributed by atoms with E-state index in [1.54, 1.807) is 9.80 Å². The molecular weight excluding hydrogens is 426 g/mol. The van der Waals surface area contributed by atoms with Gasteiger partial charge in [-0.2, -0.15) is 10.1 Å². The minimum atomic E-state index is -0.0666. The Kier molecular flexibility index (Phi) is 7.52. The van der Waals surface area contributed by atoms with Crippen LogP contribution in [0.4, 0.5) is 10.6 Å². The number of hydrogen-bond donors (Lipinski definition) is 1. The number of carbonyl (C=O) groups is 1. The van der Waals surface area contributed by atoms with Crippen molar-refractivity contribution in [2.24, 2.45) is 0 Å². The first kappa shape index (κ1) is 22.9. The number of rotatable bonds is 11. The van der Waals surface area contributed by atoms with E-state index in [2.05, 4.69) is 39.7 Å². The van der Waals surface area contributed by atoms with Crippen LogP contribution in [0.3, 0.4) is 0 Å². The Morgan fingerprint density at radius 2 is 1.88 bits per heavy atom. The molecule has 4 rings (SSSR count). The van der Waals surface area contributed by atoms with Gasteiger partial charge in [-0.25, -0.2) is 4.79 Å². The maximum Gasteiger partial charge on any atom is 0.330 e. The lowest BCUT2D eigenvalue weighted by molar-refractivity contribution is 0.222. The second-order valence-electron chi connectivity index (χ2n) is 8.73. The third kappa shape index (κ3) is 5.18. The average molecular weight is 460 g/mol. The van der Waals surface area contributed by atoms with Crippen molar-refractivity contribution in [2.45, 2.75) is 58.4 Å². The van der Waals surface area contributed by atoms with Crippen LogP contribution in [-0.2, 0) is 13.0 Å². The topological polar surface area (TPSA) is 73.3 Å². The van der Waals surface area contributed by atoms with Crippen molar-refractivity contribution in [1.82, 2.24) is 29.5 Å². The molecule has 0 aromatic carbocycles. The van der Waals surface area contributed by atoms with Crippen molar-refractivity contribution >= 4 is 29.1 Å². The smallest absolute Gasteiger partial charge is 0.326 e. The van der Waals surface area contributed by atoms with E-state index in [4.69, 9.17) is 11.6 Å². The van der Waals surface area contributed by atoms with Crippen molar-refractivity contribution in [3.63, 3.8) is 0 Å². The molecule has 2 aromatic rings. The highest BCUT2D eigenvalue weighted by Crippen LogP contribution is 2.34. The normalized spacial score (nSPS) is 16.9. The molecule has 4 heterocycles. The molecule has 0 atom stereocenters. The van der Waals surface area contributed by atoms with Gasteiger partial charge in [0.1, 0.15) is 5.69 Å². The quantitative estimate of drug-likeness (QED) is 0.506. The summed E-state index contributed by atoms with van der Waals surface area (Å²) in [5.74, 6) is 0.594. The maximum atomic E-state index is 13.2. The highest BCUT2D eigenvalue weighted by molar-refractivity contribution is 6.28. The predicted octanol–water partition coefficient (Wildman–Crippen LogP) is 4.39. The van der Waals surface area contributed by atoms with E-state index in [1.165, 1.54) is 31.5 Å². The van der Waals surface area contributed by atoms with Gasteiger partial charge < -0.3 is 9.88 Å². The summed E-state index contributed by atoms with van der Waals surface area (Å²) in [4.78, 5) is 26.6. The zero-order valence-corrected chi connectivity index (χ0v) is 19.8. The minimum absolute atomic E-state index is 0.0666. The van der Waals surface area contributed by atoms with Gasteiger partial charge in [0.15, 0.2) is 5.82 Å². The van der Waals surface area contributed by atoms with E-state index in [0.717, 1.165) is 50.9 Å². The Hall–Kier alpha value is -2.32. The lowest BCUT2D eigenvalue weighted by Gasteiger charge is -2.35. The second kappa shape index (κ2) is 10.5. The summed E-state index contributed by atoms with van der Waals surface area (Å²) in [5.41, 5.74) is 2.57. The number of aromatic amines is 1. The highest BCUT2D eigenvalue weighted by Gasteiger charge is 2.35. The summed E-state index contributed by atoms with van der Waals surface area (Å²) in [6.45, 7) is 11.9. The number of amides is 2. The zero-order chi connectivity index (χ0) is 22.5. The number of aryl methyl sites for hydroxylation is 1. The Morgan fingerprint density at radius 1 is 1.09 bits per heavy atom. The first-order chi connectivity index (χ1) is 15.6. The monoisotopic (exact) mass is 459 g/mol. The summed E-state index contributed by atoms with van der Waals surface area (Å²) in [6, 6.07) is -0.0666. The van der Waals surface area contributed by atoms with Crippen LogP contribution in [0, 0.1) is 0 Å². The second-order valence-corrected chi connectivity index (χ2v) is 9.09. The van der Waals surface area contributed by atoms with Gasteiger partial charge in [-0.3, -0.25) is 14.5 Å². The summed E-state index contributed by atoms with van der Waals surface area (Å²) in [5, 5.41) is 4.80. The summed E-state index contributed by atoms with van der Waals surface area (Å²) >= 11 is 6.12. The Morgan fingerprint density at radius 3 is 2.66 bits per heavy atom. The molecule has 9 heteroatoms. The molecular formula is C23H34ClN7O. The average Bonchev–Trinajstić information content (AvgIpc) is 3.52. The Bertz CT molecular complexity index is 931. The standard InChI is InChI=1S/C23H34ClN7O/c1-3-4-5-12-31-21-20(26-22(24)27-21)18(2)30(23(31)32)13-8-9-19-16-25-29(17-19)15-14-28-10-6-7-11-28/h16-17H,2-15H2,1H3,(H,26,27). The number of nitrogens with zero attached hydrogens (tertiary/aromatic N) is 6. The van der Waals surface area contributed by atoms with Crippen molar-refractivity contribution in [1.29, 1.82) is 0 Å². The summed E-state index contributed by atoms with van der Waals surface area (Å²) in [6.07, 6.45) is 11.5. The molecule has 1 fully saturated rings. The lowest BCUT2D eigenvalue weighted by atomic mass is 10.1. The Labute approximate surface area is 195 Å². The maximum absolute atomic E-state index is 13.2. The number of imidazole rings is 1. The number of fused-ring (bicyclic) bond motifs is 1. The van der Waals surface area contributed by atoms with Gasteiger partial charge in [0, 0.05) is 25.8 Å². The van der Waals surface area contributed by atoms with E-state index < -0.39 is 0 Å². The number of unbranched alkanes of at least 4 members (excludes halogenated alkanes) is 2. The molecule has 1 saturated heterocycles. The van der Waals surface area contributed by atoms with Crippen LogP contribution in [0.1, 0.15) is 56.7 Å². The van der Waals surface area contributed by atoms with Gasteiger partial charge in [0.05, 0.1) is 18.4 Å². The first-order valence-corrected chi connectivity index (χ1v) is 12.2. The molecule has 0 saturated carbocycles. The van der Waals surface area contributed by atoms with E-state index in [9.17, 15) is 4.79 Å². The fraction of sp³-hybridized carbons (Fsp3) is 0.609. The van der Waals surface area contributed by atoms with Gasteiger partial charge in [-0.1, -0.05) is 26.3 Å². The number of hydrogen-bond acceptors (Lipinski definition) is 4. The number of likely N-dealkylation sites (tertiary alicyclic amines) is 1. The molecule has 0 unspecified atom stereocenters. The number of anilines is 1. The van der Waals surface area contributed by atoms with Crippen LogP contribution in [0.2, 0.25) is 5.28 Å². The number of nitrogens with one attached hydrogen (secondary N) is 1. The van der Waals surface area contributed by atoms with Crippen LogP contribution < -0.4 is 4.90 Å². The molecule has 0 aliphatic carbocycles. The number of halogens is 1. The molecule has 32 heavy (non-hydrogen) atoms. The van der Waals surface area contributed by atoms with Crippen LogP contribution in [0.15, 0.2) is 19.0 Å². The van der Waals surface area contributed by atoms with E-state index in [0.29, 0.717) is 24.6 Å². The van der Waals surface area contributed by atoms with Crippen LogP contribution in [-0.4, -0.2) is 68.3 Å². The fourth-order valence-corrected chi connectivity index (χ4v) is 4.69. The largest absolute Gasteiger partial charge is 0.330 e. The molecule has 0 spiro atoms. The van der Waals surface area contributed by atoms with Gasteiger partial charge >= 0.3 is 6.03 Å². The molecule has 8 nitrogen and oxygen atoms in total. The van der Waals surface area contributed by atoms with Gasteiger partial charge in [0.25, 0.3) is 0 Å². The fourth-order valence-electron chi connectivity index (χ4n) is 4.52. The van der Waals surface area contributed by atoms with Crippen LogP contribution in [0.25, 0.3) is 5.70 Å². The third-order valence-electron chi connectivity index (χ3n) is 6.35. The SMILES string of the molecule is C=C1c2[nH]c(Cl)nc2N(CCCCC)C(=O)N1CCCc1cnn(CCN2CCCC2)c1. The van der Waals surface area contributed by atoms with Gasteiger partial charge in [-0.05, 0) is 62.4 Å². The molecule has 2 aromatic heterocycles. The molecule has 2 aliphatic rings. The van der Waals surface area contributed by atoms with Crippen molar-refractivity contribution in [3.05, 3.63) is 35.5 Å². The molecule has 2 aliphatic heterocycles. The zero-order valence-electron chi connectivity index (χ0n) is 19.0. The van der Waals surface area contributed by atoms with E-state index in [-0.39, 0.29) is 11.3 Å². The third-order valence-corrected chi connectivity index (χ3v) is 6.53. The van der Waals surface area contributed by atoms with Crippen LogP contribution >= 0.6 is 11.6 Å². The van der Waals surface area contributed by atoms with E-state index >= 15 is 0 Å². The number of H-pyrrole nitrogens is 1. The summed E-state index contributed by atoms with van der Waals surface area (Å²) < 4.78 is 2.03. The molecule has 1 N–H and O–H groups in total. The molecule has 0 radical (unpaired) electrons. The van der Waals surface area contributed by atoms with E-state index in [1.807, 2.05) is 10.9 Å². The predicted molar refractivity (Wildman–Crippen MR) is 128 cm³/mol. The lowest BCUT2D eigenvalue weighted by Crippen LogP contribution is -2.47. The number of urea groups is 1. The number of carbonyl (C=O) groups excluding carboxylic acids is 1. The minimum Gasteiger partial charge on any atom is -0.326 e. The number of aromatic nitrogens is 4. The van der Waals surface area contributed by atoms with Crippen molar-refractivity contribution in [3.8, 4) is 0 Å². The molecule has 174 valence electrons. The first-order valence-electron chi connectivity index (χ1n) is 11.8. The molecule has 2 amide bonds. The molecule has 0 bridgehead atoms. The van der Waals surface area contributed by atoms with Crippen LogP contribution in [0.5, 0.6) is 0 Å². The van der Waals surface area contributed by atoms with Gasteiger partial charge in [-0.15, -0.1) is 0 Å². The Balaban J connectivity index is 1.33. The highest BCUT2D eigenvalue weighted by atomic mass is 35.5. The van der Waals surface area contributed by atoms with Crippen molar-refractivity contribution in [2.75, 3.05) is 37.6 Å². The van der Waals surface area contributed by atoms with Gasteiger partial charge in [0.2, 0.25) is 5.28 Å². The summed E-state index contributed by atoms with van der Waals surface area (Å²) in [7, 11) is 0.